The van der Waals surface area contributed by atoms with E-state index in [1.165, 1.54) is 6.07 Å². The van der Waals surface area contributed by atoms with E-state index in [1.807, 2.05) is 12.1 Å². The molecule has 5 heteroatoms. The smallest absolute Gasteiger partial charge is 0.212 e. The summed E-state index contributed by atoms with van der Waals surface area (Å²) in [5.74, 6) is 0.0915. The molecule has 0 spiro atoms. The van der Waals surface area contributed by atoms with Crippen molar-refractivity contribution in [1.29, 1.82) is 5.26 Å². The van der Waals surface area contributed by atoms with Crippen LogP contribution in [0.3, 0.4) is 0 Å². The summed E-state index contributed by atoms with van der Waals surface area (Å²) in [5.41, 5.74) is 1.56. The molecule has 0 aliphatic rings. The first-order valence-corrected chi connectivity index (χ1v) is 5.65. The molecule has 0 fully saturated rings. The summed E-state index contributed by atoms with van der Waals surface area (Å²) in [5, 5.41) is 11.6. The summed E-state index contributed by atoms with van der Waals surface area (Å²) in [4.78, 5) is 4.06. The Labute approximate surface area is 110 Å². The van der Waals surface area contributed by atoms with Crippen LogP contribution in [0, 0.1) is 17.1 Å². The maximum Gasteiger partial charge on any atom is 0.212 e. The lowest BCUT2D eigenvalue weighted by Gasteiger charge is -2.08. The zero-order valence-corrected chi connectivity index (χ0v) is 10.4. The monoisotopic (exact) mass is 257 g/mol. The van der Waals surface area contributed by atoms with E-state index in [1.54, 1.807) is 31.5 Å². The van der Waals surface area contributed by atoms with Crippen molar-refractivity contribution < 1.29 is 9.13 Å². The van der Waals surface area contributed by atoms with Crippen LogP contribution in [0.5, 0.6) is 5.88 Å². The third kappa shape index (κ3) is 3.19. The van der Waals surface area contributed by atoms with Gasteiger partial charge in [0.15, 0.2) is 0 Å². The lowest BCUT2D eigenvalue weighted by molar-refractivity contribution is 0.397. The third-order valence-electron chi connectivity index (χ3n) is 2.59. The van der Waals surface area contributed by atoms with E-state index in [0.717, 1.165) is 5.56 Å². The summed E-state index contributed by atoms with van der Waals surface area (Å²) in [6, 6.07) is 9.80. The van der Waals surface area contributed by atoms with Crippen LogP contribution >= 0.6 is 0 Å². The van der Waals surface area contributed by atoms with E-state index < -0.39 is 5.82 Å². The Morgan fingerprint density at radius 2 is 2.21 bits per heavy atom. The van der Waals surface area contributed by atoms with Crippen molar-refractivity contribution in [2.45, 2.75) is 6.54 Å². The van der Waals surface area contributed by atoms with E-state index in [-0.39, 0.29) is 0 Å². The van der Waals surface area contributed by atoms with Crippen LogP contribution in [0.15, 0.2) is 36.5 Å². The van der Waals surface area contributed by atoms with Crippen LogP contribution in [0.4, 0.5) is 10.1 Å². The zero-order valence-electron chi connectivity index (χ0n) is 10.4. The van der Waals surface area contributed by atoms with Gasteiger partial charge in [0, 0.05) is 18.8 Å². The number of anilines is 1. The first-order valence-electron chi connectivity index (χ1n) is 5.65. The Bertz CT molecular complexity index is 605. The molecule has 1 aromatic heterocycles. The Morgan fingerprint density at radius 3 is 2.79 bits per heavy atom. The molecule has 0 amide bonds. The number of nitriles is 1. The molecule has 4 nitrogen and oxygen atoms in total. The van der Waals surface area contributed by atoms with Gasteiger partial charge in [-0.05, 0) is 23.8 Å². The van der Waals surface area contributed by atoms with Gasteiger partial charge >= 0.3 is 0 Å². The standard InChI is InChI=1S/C14H12FN3O/c1-19-14-5-3-11(9-18-14)8-17-13-4-2-10(7-16)6-12(13)15/h2-6,9,17H,8H2,1H3. The molecule has 1 heterocycles. The SMILES string of the molecule is COc1ccc(CNc2ccc(C#N)cc2F)cn1. The number of halogens is 1. The quantitative estimate of drug-likeness (QED) is 0.914. The molecule has 0 saturated heterocycles. The van der Waals surface area contributed by atoms with Crippen LogP contribution in [-0.2, 0) is 6.54 Å². The normalized spacial score (nSPS) is 9.74. The lowest BCUT2D eigenvalue weighted by Crippen LogP contribution is -2.02. The number of benzene rings is 1. The highest BCUT2D eigenvalue weighted by Gasteiger charge is 2.03. The molecule has 2 aromatic rings. The van der Waals surface area contributed by atoms with Crippen LogP contribution in [-0.4, -0.2) is 12.1 Å². The van der Waals surface area contributed by atoms with Crippen molar-refractivity contribution in [3.05, 3.63) is 53.5 Å². The predicted molar refractivity (Wildman–Crippen MR) is 69.2 cm³/mol. The topological polar surface area (TPSA) is 57.9 Å². The van der Waals surface area contributed by atoms with Crippen LogP contribution in [0.2, 0.25) is 0 Å². The van der Waals surface area contributed by atoms with E-state index in [0.29, 0.717) is 23.7 Å². The molecule has 2 rings (SSSR count). The highest BCUT2D eigenvalue weighted by Crippen LogP contribution is 2.16. The molecule has 1 aromatic carbocycles. The molecule has 0 saturated carbocycles. The number of ether oxygens (including phenoxy) is 1. The largest absolute Gasteiger partial charge is 0.481 e. The number of nitrogens with one attached hydrogen (secondary N) is 1. The molecule has 0 bridgehead atoms. The Hall–Kier alpha value is -2.61. The fraction of sp³-hybridized carbons (Fsp3) is 0.143. The number of nitrogens with zero attached hydrogens (tertiary/aromatic N) is 2. The van der Waals surface area contributed by atoms with Crippen LogP contribution in [0.1, 0.15) is 11.1 Å². The van der Waals surface area contributed by atoms with Gasteiger partial charge in [-0.25, -0.2) is 9.37 Å². The van der Waals surface area contributed by atoms with Gasteiger partial charge in [0.05, 0.1) is 24.4 Å². The van der Waals surface area contributed by atoms with Crippen LogP contribution < -0.4 is 10.1 Å². The van der Waals surface area contributed by atoms with Gasteiger partial charge in [-0.2, -0.15) is 5.26 Å². The number of pyridine rings is 1. The Kier molecular flexibility index (Phi) is 3.94. The fourth-order valence-electron chi connectivity index (χ4n) is 1.56. The minimum absolute atomic E-state index is 0.300. The first kappa shape index (κ1) is 12.8. The molecule has 96 valence electrons. The second-order valence-electron chi connectivity index (χ2n) is 3.87. The highest BCUT2D eigenvalue weighted by atomic mass is 19.1. The highest BCUT2D eigenvalue weighted by molar-refractivity contribution is 5.49. The summed E-state index contributed by atoms with van der Waals surface area (Å²) in [6.45, 7) is 0.444. The molecule has 1 N–H and O–H groups in total. The minimum Gasteiger partial charge on any atom is -0.481 e. The maximum absolute atomic E-state index is 13.6. The summed E-state index contributed by atoms with van der Waals surface area (Å²) < 4.78 is 18.6. The Morgan fingerprint density at radius 1 is 1.37 bits per heavy atom. The fourth-order valence-corrected chi connectivity index (χ4v) is 1.56. The molecule has 0 atom stereocenters. The average Bonchev–Trinajstić information content (AvgIpc) is 2.46. The summed E-state index contributed by atoms with van der Waals surface area (Å²) in [7, 11) is 1.55. The molecule has 19 heavy (non-hydrogen) atoms. The number of aromatic nitrogens is 1. The van der Waals surface area contributed by atoms with Gasteiger partial charge in [0.2, 0.25) is 5.88 Å². The molecule has 0 unspecified atom stereocenters. The van der Waals surface area contributed by atoms with Gasteiger partial charge in [-0.1, -0.05) is 6.07 Å². The van der Waals surface area contributed by atoms with E-state index in [9.17, 15) is 4.39 Å². The van der Waals surface area contributed by atoms with E-state index in [2.05, 4.69) is 10.3 Å². The molecule has 0 radical (unpaired) electrons. The average molecular weight is 257 g/mol. The van der Waals surface area contributed by atoms with Gasteiger partial charge in [0.25, 0.3) is 0 Å². The number of methoxy groups -OCH3 is 1. The minimum atomic E-state index is -0.444. The van der Waals surface area contributed by atoms with Gasteiger partial charge in [-0.3, -0.25) is 0 Å². The van der Waals surface area contributed by atoms with Crippen molar-refractivity contribution in [3.8, 4) is 11.9 Å². The van der Waals surface area contributed by atoms with Crippen LogP contribution in [0.25, 0.3) is 0 Å². The van der Waals surface area contributed by atoms with E-state index >= 15 is 0 Å². The van der Waals surface area contributed by atoms with Crippen molar-refractivity contribution in [1.82, 2.24) is 4.98 Å². The van der Waals surface area contributed by atoms with Crippen molar-refractivity contribution in [2.75, 3.05) is 12.4 Å². The third-order valence-corrected chi connectivity index (χ3v) is 2.59. The second kappa shape index (κ2) is 5.83. The van der Waals surface area contributed by atoms with Crippen molar-refractivity contribution in [3.63, 3.8) is 0 Å². The van der Waals surface area contributed by atoms with Gasteiger partial charge < -0.3 is 10.1 Å². The van der Waals surface area contributed by atoms with Gasteiger partial charge in [0.1, 0.15) is 5.82 Å². The number of hydrogen-bond donors (Lipinski definition) is 1. The zero-order chi connectivity index (χ0) is 13.7. The van der Waals surface area contributed by atoms with Crippen molar-refractivity contribution in [2.24, 2.45) is 0 Å². The molecule has 0 aliphatic carbocycles. The van der Waals surface area contributed by atoms with E-state index in [4.69, 9.17) is 10.00 Å². The number of rotatable bonds is 4. The van der Waals surface area contributed by atoms with Gasteiger partial charge in [-0.15, -0.1) is 0 Å². The molecular weight excluding hydrogens is 245 g/mol. The molecule has 0 aliphatic heterocycles. The summed E-state index contributed by atoms with van der Waals surface area (Å²) in [6.07, 6.45) is 1.66. The predicted octanol–water partition coefficient (Wildman–Crippen LogP) is 2.71. The summed E-state index contributed by atoms with van der Waals surface area (Å²) >= 11 is 0. The Balaban J connectivity index is 2.04. The number of hydrogen-bond acceptors (Lipinski definition) is 4. The van der Waals surface area contributed by atoms with Crippen molar-refractivity contribution >= 4 is 5.69 Å². The lowest BCUT2D eigenvalue weighted by atomic mass is 10.2. The first-order chi connectivity index (χ1) is 9.22. The maximum atomic E-state index is 13.6. The molecular formula is C14H12FN3O. The second-order valence-corrected chi connectivity index (χ2v) is 3.87.